The fourth-order valence-electron chi connectivity index (χ4n) is 2.38. The first-order valence-corrected chi connectivity index (χ1v) is 7.19. The largest absolute Gasteiger partial charge is 0.387 e. The van der Waals surface area contributed by atoms with E-state index in [1.54, 1.807) is 0 Å². The van der Waals surface area contributed by atoms with Gasteiger partial charge >= 0.3 is 0 Å². The molecule has 0 aliphatic rings. The number of aromatic nitrogens is 2. The number of nitrogens with zero attached hydrogens (tertiary/aromatic N) is 2. The first-order valence-electron chi connectivity index (χ1n) is 7.19. The number of allylic oxidation sites excluding steroid dienone is 1. The molecule has 0 aromatic carbocycles. The molecule has 3 nitrogen and oxygen atoms in total. The zero-order valence-electron chi connectivity index (χ0n) is 13.4. The summed E-state index contributed by atoms with van der Waals surface area (Å²) in [7, 11) is 0. The topological polar surface area (TPSA) is 29.9 Å². The summed E-state index contributed by atoms with van der Waals surface area (Å²) < 4.78 is 2.13. The highest BCUT2D eigenvalue weighted by Crippen LogP contribution is 2.22. The second-order valence-corrected chi connectivity index (χ2v) is 6.64. The lowest BCUT2D eigenvalue weighted by Crippen LogP contribution is -2.26. The van der Waals surface area contributed by atoms with Crippen LogP contribution < -0.4 is 5.32 Å². The SMILES string of the molecule is C=C(CC(C)(C)C)NCC(C)n1ncc(C)c1CC. The van der Waals surface area contributed by atoms with E-state index in [9.17, 15) is 0 Å². The van der Waals surface area contributed by atoms with Gasteiger partial charge in [0.25, 0.3) is 0 Å². The summed E-state index contributed by atoms with van der Waals surface area (Å²) in [5.41, 5.74) is 4.00. The van der Waals surface area contributed by atoms with Crippen LogP contribution in [-0.4, -0.2) is 16.3 Å². The Bertz CT molecular complexity index is 424. The molecule has 0 amide bonds. The summed E-state index contributed by atoms with van der Waals surface area (Å²) >= 11 is 0. The van der Waals surface area contributed by atoms with Gasteiger partial charge in [-0.05, 0) is 37.7 Å². The molecule has 0 spiro atoms. The van der Waals surface area contributed by atoms with E-state index in [0.29, 0.717) is 6.04 Å². The molecule has 1 unspecified atom stereocenters. The monoisotopic (exact) mass is 263 g/mol. The van der Waals surface area contributed by atoms with E-state index in [1.165, 1.54) is 11.3 Å². The quantitative estimate of drug-likeness (QED) is 0.844. The summed E-state index contributed by atoms with van der Waals surface area (Å²) in [6.07, 6.45) is 3.98. The molecule has 1 atom stereocenters. The third-order valence-electron chi connectivity index (χ3n) is 3.25. The Morgan fingerprint density at radius 3 is 2.63 bits per heavy atom. The van der Waals surface area contributed by atoms with E-state index in [2.05, 4.69) is 63.2 Å². The number of hydrogen-bond acceptors (Lipinski definition) is 2. The highest BCUT2D eigenvalue weighted by molar-refractivity contribution is 5.16. The Kier molecular flexibility index (Phi) is 5.21. The van der Waals surface area contributed by atoms with Gasteiger partial charge in [0.1, 0.15) is 0 Å². The molecule has 1 heterocycles. The van der Waals surface area contributed by atoms with E-state index in [0.717, 1.165) is 25.1 Å². The zero-order valence-corrected chi connectivity index (χ0v) is 13.4. The van der Waals surface area contributed by atoms with Crippen LogP contribution in [0, 0.1) is 12.3 Å². The van der Waals surface area contributed by atoms with Gasteiger partial charge in [-0.15, -0.1) is 0 Å². The van der Waals surface area contributed by atoms with E-state index in [-0.39, 0.29) is 5.41 Å². The van der Waals surface area contributed by atoms with Gasteiger partial charge < -0.3 is 5.32 Å². The van der Waals surface area contributed by atoms with Crippen LogP contribution in [0.4, 0.5) is 0 Å². The lowest BCUT2D eigenvalue weighted by Gasteiger charge is -2.23. The van der Waals surface area contributed by atoms with E-state index < -0.39 is 0 Å². The molecule has 0 fully saturated rings. The van der Waals surface area contributed by atoms with Gasteiger partial charge in [-0.3, -0.25) is 4.68 Å². The zero-order chi connectivity index (χ0) is 14.6. The summed E-state index contributed by atoms with van der Waals surface area (Å²) in [5, 5.41) is 7.93. The molecule has 0 bridgehead atoms. The molecule has 1 N–H and O–H groups in total. The van der Waals surface area contributed by atoms with Crippen LogP contribution in [0.2, 0.25) is 0 Å². The average Bonchev–Trinajstić information content (AvgIpc) is 2.65. The Labute approximate surface area is 118 Å². The Morgan fingerprint density at radius 1 is 1.47 bits per heavy atom. The van der Waals surface area contributed by atoms with E-state index in [1.807, 2.05) is 6.20 Å². The lowest BCUT2D eigenvalue weighted by atomic mass is 9.91. The minimum absolute atomic E-state index is 0.282. The molecule has 0 saturated heterocycles. The number of aryl methyl sites for hydroxylation is 1. The van der Waals surface area contributed by atoms with Crippen molar-refractivity contribution in [2.24, 2.45) is 5.41 Å². The van der Waals surface area contributed by atoms with Gasteiger partial charge in [-0.2, -0.15) is 5.10 Å². The first-order chi connectivity index (χ1) is 8.74. The molecule has 0 aliphatic carbocycles. The second-order valence-electron chi connectivity index (χ2n) is 6.64. The molecule has 1 aromatic heterocycles. The van der Waals surface area contributed by atoms with Crippen molar-refractivity contribution < 1.29 is 0 Å². The van der Waals surface area contributed by atoms with Crippen molar-refractivity contribution in [2.75, 3.05) is 6.54 Å². The van der Waals surface area contributed by atoms with Crippen LogP contribution in [0.15, 0.2) is 18.5 Å². The molecule has 0 saturated carbocycles. The van der Waals surface area contributed by atoms with Gasteiger partial charge in [-0.1, -0.05) is 34.3 Å². The van der Waals surface area contributed by atoms with Crippen LogP contribution >= 0.6 is 0 Å². The molecular weight excluding hydrogens is 234 g/mol. The molecule has 19 heavy (non-hydrogen) atoms. The van der Waals surface area contributed by atoms with E-state index in [4.69, 9.17) is 0 Å². The van der Waals surface area contributed by atoms with Crippen LogP contribution in [0.3, 0.4) is 0 Å². The Balaban J connectivity index is 2.56. The predicted molar refractivity (Wildman–Crippen MR) is 82.3 cm³/mol. The Hall–Kier alpha value is -1.25. The maximum absolute atomic E-state index is 4.49. The fraction of sp³-hybridized carbons (Fsp3) is 0.688. The molecule has 1 aromatic rings. The van der Waals surface area contributed by atoms with Crippen molar-refractivity contribution in [3.05, 3.63) is 29.7 Å². The normalized spacial score (nSPS) is 13.4. The van der Waals surface area contributed by atoms with Crippen LogP contribution in [0.25, 0.3) is 0 Å². The number of hydrogen-bond donors (Lipinski definition) is 1. The van der Waals surface area contributed by atoms with Gasteiger partial charge in [0.05, 0.1) is 12.2 Å². The second kappa shape index (κ2) is 6.27. The van der Waals surface area contributed by atoms with E-state index >= 15 is 0 Å². The minimum atomic E-state index is 0.282. The van der Waals surface area contributed by atoms with Crippen molar-refractivity contribution in [2.45, 2.75) is 60.4 Å². The van der Waals surface area contributed by atoms with Crippen LogP contribution in [0.1, 0.15) is 58.3 Å². The summed E-state index contributed by atoms with van der Waals surface area (Å²) in [6, 6.07) is 0.348. The standard InChI is InChI=1S/C16H29N3/c1-8-15-12(2)10-18-19(15)14(4)11-17-13(3)9-16(5,6)7/h10,14,17H,3,8-9,11H2,1-2,4-7H3. The van der Waals surface area contributed by atoms with Crippen LogP contribution in [-0.2, 0) is 6.42 Å². The third kappa shape index (κ3) is 4.73. The van der Waals surface area contributed by atoms with Gasteiger partial charge in [-0.25, -0.2) is 0 Å². The average molecular weight is 263 g/mol. The molecule has 1 rings (SSSR count). The van der Waals surface area contributed by atoms with Gasteiger partial charge in [0.2, 0.25) is 0 Å². The molecule has 0 radical (unpaired) electrons. The highest BCUT2D eigenvalue weighted by atomic mass is 15.3. The summed E-state index contributed by atoms with van der Waals surface area (Å²) in [6.45, 7) is 18.2. The summed E-state index contributed by atoms with van der Waals surface area (Å²) in [5.74, 6) is 0. The molecule has 0 aliphatic heterocycles. The van der Waals surface area contributed by atoms with Crippen molar-refractivity contribution in [1.29, 1.82) is 0 Å². The van der Waals surface area contributed by atoms with Crippen molar-refractivity contribution >= 4 is 0 Å². The Morgan fingerprint density at radius 2 is 2.11 bits per heavy atom. The summed E-state index contributed by atoms with van der Waals surface area (Å²) in [4.78, 5) is 0. The third-order valence-corrected chi connectivity index (χ3v) is 3.25. The maximum atomic E-state index is 4.49. The molecular formula is C16H29N3. The minimum Gasteiger partial charge on any atom is -0.387 e. The predicted octanol–water partition coefficient (Wildman–Crippen LogP) is 3.85. The number of nitrogens with one attached hydrogen (secondary N) is 1. The lowest BCUT2D eigenvalue weighted by molar-refractivity contribution is 0.387. The van der Waals surface area contributed by atoms with Crippen molar-refractivity contribution in [1.82, 2.24) is 15.1 Å². The maximum Gasteiger partial charge on any atom is 0.0666 e. The molecule has 3 heteroatoms. The van der Waals surface area contributed by atoms with Crippen LogP contribution in [0.5, 0.6) is 0 Å². The number of rotatable bonds is 6. The highest BCUT2D eigenvalue weighted by Gasteiger charge is 2.14. The molecule has 108 valence electrons. The van der Waals surface area contributed by atoms with Crippen molar-refractivity contribution in [3.8, 4) is 0 Å². The van der Waals surface area contributed by atoms with Gasteiger partial charge in [0.15, 0.2) is 0 Å². The van der Waals surface area contributed by atoms with Gasteiger partial charge in [0, 0.05) is 17.9 Å². The van der Waals surface area contributed by atoms with Crippen molar-refractivity contribution in [3.63, 3.8) is 0 Å². The first kappa shape index (κ1) is 15.8. The smallest absolute Gasteiger partial charge is 0.0666 e. The fourth-order valence-corrected chi connectivity index (χ4v) is 2.38.